The summed E-state index contributed by atoms with van der Waals surface area (Å²) in [5.74, 6) is -1.34. The molecule has 2 N–H and O–H groups in total. The van der Waals surface area contributed by atoms with Gasteiger partial charge >= 0.3 is 5.97 Å². The van der Waals surface area contributed by atoms with Crippen LogP contribution in [-0.4, -0.2) is 21.6 Å². The Morgan fingerprint density at radius 3 is 2.26 bits per heavy atom. The van der Waals surface area contributed by atoms with Crippen molar-refractivity contribution in [2.24, 2.45) is 0 Å². The van der Waals surface area contributed by atoms with Gasteiger partial charge in [0.2, 0.25) is 5.91 Å². The lowest BCUT2D eigenvalue weighted by molar-refractivity contribution is -0.137. The summed E-state index contributed by atoms with van der Waals surface area (Å²) in [4.78, 5) is 22.2. The van der Waals surface area contributed by atoms with E-state index in [1.807, 2.05) is 28.8 Å². The van der Waals surface area contributed by atoms with E-state index in [1.165, 1.54) is 19.1 Å². The summed E-state index contributed by atoms with van der Waals surface area (Å²) in [6.45, 7) is 1.44. The van der Waals surface area contributed by atoms with Crippen molar-refractivity contribution in [3.63, 3.8) is 0 Å². The van der Waals surface area contributed by atoms with E-state index in [2.05, 4.69) is 5.32 Å². The molecule has 0 saturated carbocycles. The first-order valence-electron chi connectivity index (χ1n) is 8.50. The molecule has 138 valence electrons. The molecule has 27 heavy (non-hydrogen) atoms. The Labute approximate surface area is 156 Å². The second-order valence-corrected chi connectivity index (χ2v) is 6.17. The van der Waals surface area contributed by atoms with Crippen LogP contribution >= 0.6 is 0 Å². The van der Waals surface area contributed by atoms with Gasteiger partial charge in [-0.15, -0.1) is 0 Å². The van der Waals surface area contributed by atoms with Crippen molar-refractivity contribution in [3.05, 3.63) is 72.2 Å². The standard InChI is InChI=1S/C21H19FN2O3/c1-14(25)23-17-6-8-18(9-7-17)24-19(11-13-21(26)27)10-12-20(24)15-2-4-16(22)5-3-15/h2-10,12H,11,13H2,1H3,(H,23,25)(H,26,27). The van der Waals surface area contributed by atoms with Gasteiger partial charge in [0, 0.05) is 24.0 Å². The van der Waals surface area contributed by atoms with E-state index in [0.717, 1.165) is 22.6 Å². The summed E-state index contributed by atoms with van der Waals surface area (Å²) in [5.41, 5.74) is 4.00. The summed E-state index contributed by atoms with van der Waals surface area (Å²) in [6.07, 6.45) is 0.376. The van der Waals surface area contributed by atoms with Gasteiger partial charge in [-0.3, -0.25) is 9.59 Å². The molecule has 1 aromatic heterocycles. The molecule has 0 radical (unpaired) electrons. The van der Waals surface area contributed by atoms with Crippen LogP contribution in [0.25, 0.3) is 16.9 Å². The van der Waals surface area contributed by atoms with E-state index in [-0.39, 0.29) is 18.1 Å². The number of aliphatic carboxylic acids is 1. The molecule has 0 saturated heterocycles. The zero-order valence-corrected chi connectivity index (χ0v) is 14.8. The van der Waals surface area contributed by atoms with Crippen molar-refractivity contribution in [3.8, 4) is 16.9 Å². The molecule has 0 fully saturated rings. The van der Waals surface area contributed by atoms with Crippen LogP contribution in [0.2, 0.25) is 0 Å². The van der Waals surface area contributed by atoms with E-state index in [9.17, 15) is 14.0 Å². The minimum atomic E-state index is -0.868. The van der Waals surface area contributed by atoms with E-state index in [0.29, 0.717) is 12.1 Å². The van der Waals surface area contributed by atoms with Crippen LogP contribution < -0.4 is 5.32 Å². The number of hydrogen-bond acceptors (Lipinski definition) is 2. The lowest BCUT2D eigenvalue weighted by atomic mass is 10.1. The van der Waals surface area contributed by atoms with E-state index in [4.69, 9.17) is 5.11 Å². The van der Waals surface area contributed by atoms with Crippen molar-refractivity contribution in [2.75, 3.05) is 5.32 Å². The zero-order valence-electron chi connectivity index (χ0n) is 14.8. The number of carbonyl (C=O) groups is 2. The number of benzene rings is 2. The Bertz CT molecular complexity index is 960. The number of nitrogens with zero attached hydrogens (tertiary/aromatic N) is 1. The van der Waals surface area contributed by atoms with Crippen LogP contribution in [0.15, 0.2) is 60.7 Å². The molecule has 0 unspecified atom stereocenters. The van der Waals surface area contributed by atoms with Gasteiger partial charge in [-0.1, -0.05) is 0 Å². The SMILES string of the molecule is CC(=O)Nc1ccc(-n2c(CCC(=O)O)ccc2-c2ccc(F)cc2)cc1. The van der Waals surface area contributed by atoms with Gasteiger partial charge in [0.25, 0.3) is 0 Å². The molecule has 0 spiro atoms. The van der Waals surface area contributed by atoms with Crippen LogP contribution in [-0.2, 0) is 16.0 Å². The number of aromatic nitrogens is 1. The molecule has 1 heterocycles. The molecule has 0 aliphatic carbocycles. The maximum absolute atomic E-state index is 13.3. The molecule has 2 aromatic carbocycles. The quantitative estimate of drug-likeness (QED) is 0.685. The molecule has 0 bridgehead atoms. The molecule has 5 nitrogen and oxygen atoms in total. The highest BCUT2D eigenvalue weighted by Gasteiger charge is 2.13. The van der Waals surface area contributed by atoms with Crippen molar-refractivity contribution < 1.29 is 19.1 Å². The third-order valence-electron chi connectivity index (χ3n) is 4.14. The summed E-state index contributed by atoms with van der Waals surface area (Å²) in [6, 6.07) is 17.2. The van der Waals surface area contributed by atoms with E-state index < -0.39 is 5.97 Å². The molecule has 3 aromatic rings. The Morgan fingerprint density at radius 2 is 1.67 bits per heavy atom. The van der Waals surface area contributed by atoms with E-state index >= 15 is 0 Å². The maximum atomic E-state index is 13.3. The van der Waals surface area contributed by atoms with Crippen molar-refractivity contribution >= 4 is 17.6 Å². The number of amides is 1. The van der Waals surface area contributed by atoms with Gasteiger partial charge in [0.1, 0.15) is 5.82 Å². The van der Waals surface area contributed by atoms with Crippen LogP contribution in [0.1, 0.15) is 19.0 Å². The number of anilines is 1. The van der Waals surface area contributed by atoms with Crippen molar-refractivity contribution in [1.82, 2.24) is 4.57 Å². The van der Waals surface area contributed by atoms with Gasteiger partial charge in [-0.05, 0) is 72.6 Å². The number of rotatable bonds is 6. The Morgan fingerprint density at radius 1 is 1.00 bits per heavy atom. The highest BCUT2D eigenvalue weighted by atomic mass is 19.1. The predicted octanol–water partition coefficient (Wildman–Crippen LogP) is 4.26. The van der Waals surface area contributed by atoms with Gasteiger partial charge in [0.15, 0.2) is 0 Å². The average Bonchev–Trinajstić information content (AvgIpc) is 3.04. The average molecular weight is 366 g/mol. The van der Waals surface area contributed by atoms with Crippen LogP contribution in [0.5, 0.6) is 0 Å². The monoisotopic (exact) mass is 366 g/mol. The van der Waals surface area contributed by atoms with E-state index in [1.54, 1.807) is 24.3 Å². The fraction of sp³-hybridized carbons (Fsp3) is 0.143. The largest absolute Gasteiger partial charge is 0.481 e. The normalized spacial score (nSPS) is 10.6. The van der Waals surface area contributed by atoms with Crippen molar-refractivity contribution in [2.45, 2.75) is 19.8 Å². The number of nitrogens with one attached hydrogen (secondary N) is 1. The minimum Gasteiger partial charge on any atom is -0.481 e. The van der Waals surface area contributed by atoms with Gasteiger partial charge < -0.3 is 15.0 Å². The Hall–Kier alpha value is -3.41. The first-order valence-corrected chi connectivity index (χ1v) is 8.50. The second kappa shape index (κ2) is 7.86. The number of carbonyl (C=O) groups excluding carboxylic acids is 1. The molecular formula is C21H19FN2O3. The first kappa shape index (κ1) is 18.4. The number of hydrogen-bond donors (Lipinski definition) is 2. The van der Waals surface area contributed by atoms with Crippen LogP contribution in [0.3, 0.4) is 0 Å². The minimum absolute atomic E-state index is 0.0108. The van der Waals surface area contributed by atoms with Gasteiger partial charge in [0.05, 0.1) is 12.1 Å². The lowest BCUT2D eigenvalue weighted by Gasteiger charge is -2.14. The van der Waals surface area contributed by atoms with Crippen molar-refractivity contribution in [1.29, 1.82) is 0 Å². The predicted molar refractivity (Wildman–Crippen MR) is 101 cm³/mol. The Balaban J connectivity index is 2.04. The third kappa shape index (κ3) is 4.41. The molecule has 0 aliphatic heterocycles. The Kier molecular flexibility index (Phi) is 5.35. The maximum Gasteiger partial charge on any atom is 0.303 e. The highest BCUT2D eigenvalue weighted by molar-refractivity contribution is 5.88. The molecule has 0 aliphatic rings. The summed E-state index contributed by atoms with van der Waals surface area (Å²) in [5, 5.41) is 11.7. The fourth-order valence-electron chi connectivity index (χ4n) is 2.96. The summed E-state index contributed by atoms with van der Waals surface area (Å²) < 4.78 is 15.2. The lowest BCUT2D eigenvalue weighted by Crippen LogP contribution is -2.07. The highest BCUT2D eigenvalue weighted by Crippen LogP contribution is 2.28. The fourth-order valence-corrected chi connectivity index (χ4v) is 2.96. The summed E-state index contributed by atoms with van der Waals surface area (Å²) in [7, 11) is 0. The number of carboxylic acids is 1. The zero-order chi connectivity index (χ0) is 19.4. The number of aryl methyl sites for hydroxylation is 1. The summed E-state index contributed by atoms with van der Waals surface area (Å²) >= 11 is 0. The number of carboxylic acid groups (broad SMARTS) is 1. The topological polar surface area (TPSA) is 71.3 Å². The molecule has 3 rings (SSSR count). The van der Waals surface area contributed by atoms with Gasteiger partial charge in [-0.25, -0.2) is 4.39 Å². The second-order valence-electron chi connectivity index (χ2n) is 6.17. The molecular weight excluding hydrogens is 347 g/mol. The smallest absolute Gasteiger partial charge is 0.303 e. The molecule has 6 heteroatoms. The third-order valence-corrected chi connectivity index (χ3v) is 4.14. The molecule has 0 atom stereocenters. The number of halogens is 1. The van der Waals surface area contributed by atoms with Gasteiger partial charge in [-0.2, -0.15) is 0 Å². The van der Waals surface area contributed by atoms with Crippen LogP contribution in [0.4, 0.5) is 10.1 Å². The van der Waals surface area contributed by atoms with Crippen LogP contribution in [0, 0.1) is 5.82 Å². The molecule has 1 amide bonds. The first-order chi connectivity index (χ1) is 12.9.